The van der Waals surface area contributed by atoms with Crippen molar-refractivity contribution in [1.82, 2.24) is 15.5 Å². The maximum atomic E-state index is 5.15. The highest BCUT2D eigenvalue weighted by Gasteiger charge is 2.16. The van der Waals surface area contributed by atoms with Crippen molar-refractivity contribution in [3.8, 4) is 0 Å². The Labute approximate surface area is 114 Å². The highest BCUT2D eigenvalue weighted by Crippen LogP contribution is 2.22. The van der Waals surface area contributed by atoms with Gasteiger partial charge in [0.1, 0.15) is 0 Å². The lowest BCUT2D eigenvalue weighted by Crippen LogP contribution is -2.24. The molecule has 2 aromatic heterocycles. The zero-order valence-corrected chi connectivity index (χ0v) is 11.8. The van der Waals surface area contributed by atoms with Gasteiger partial charge in [0.25, 0.3) is 0 Å². The molecule has 0 aliphatic heterocycles. The standard InChI is InChI=1S/C15H21N3O/c1-4-14-13(8-11(3)17-18-14)15(16-5-2)9-12-6-7-19-10-12/h6-8,10,15-16H,4-5,9H2,1-3H3. The fourth-order valence-corrected chi connectivity index (χ4v) is 2.29. The molecule has 0 aromatic carbocycles. The van der Waals surface area contributed by atoms with E-state index < -0.39 is 0 Å². The molecule has 0 aliphatic carbocycles. The first-order valence-electron chi connectivity index (χ1n) is 6.82. The van der Waals surface area contributed by atoms with E-state index in [2.05, 4.69) is 35.4 Å². The van der Waals surface area contributed by atoms with Crippen LogP contribution >= 0.6 is 0 Å². The number of nitrogens with zero attached hydrogens (tertiary/aromatic N) is 2. The average Bonchev–Trinajstić information content (AvgIpc) is 2.91. The average molecular weight is 259 g/mol. The van der Waals surface area contributed by atoms with Crippen LogP contribution in [0.5, 0.6) is 0 Å². The second-order valence-corrected chi connectivity index (χ2v) is 4.69. The zero-order chi connectivity index (χ0) is 13.7. The molecule has 0 amide bonds. The number of rotatable bonds is 6. The summed E-state index contributed by atoms with van der Waals surface area (Å²) in [6.45, 7) is 7.14. The molecule has 2 heterocycles. The summed E-state index contributed by atoms with van der Waals surface area (Å²) in [4.78, 5) is 0. The predicted molar refractivity (Wildman–Crippen MR) is 75.0 cm³/mol. The highest BCUT2D eigenvalue weighted by atomic mass is 16.3. The van der Waals surface area contributed by atoms with E-state index in [1.165, 1.54) is 11.1 Å². The van der Waals surface area contributed by atoms with Crippen LogP contribution in [0.25, 0.3) is 0 Å². The van der Waals surface area contributed by atoms with Crippen LogP contribution in [0.2, 0.25) is 0 Å². The summed E-state index contributed by atoms with van der Waals surface area (Å²) in [5.74, 6) is 0. The van der Waals surface area contributed by atoms with Gasteiger partial charge in [0.2, 0.25) is 0 Å². The Balaban J connectivity index is 2.29. The molecule has 1 N–H and O–H groups in total. The van der Waals surface area contributed by atoms with E-state index in [-0.39, 0.29) is 6.04 Å². The fraction of sp³-hybridized carbons (Fsp3) is 0.467. The zero-order valence-electron chi connectivity index (χ0n) is 11.8. The first-order chi connectivity index (χ1) is 9.24. The van der Waals surface area contributed by atoms with Gasteiger partial charge >= 0.3 is 0 Å². The summed E-state index contributed by atoms with van der Waals surface area (Å²) in [6.07, 6.45) is 5.32. The van der Waals surface area contributed by atoms with Crippen LogP contribution in [-0.4, -0.2) is 16.7 Å². The largest absolute Gasteiger partial charge is 0.472 e. The number of likely N-dealkylation sites (N-methyl/N-ethyl adjacent to an activating group) is 1. The Kier molecular flexibility index (Phi) is 4.68. The van der Waals surface area contributed by atoms with Gasteiger partial charge in [-0.2, -0.15) is 10.2 Å². The predicted octanol–water partition coefficient (Wildman–Crippen LogP) is 2.83. The third-order valence-corrected chi connectivity index (χ3v) is 3.21. The Morgan fingerprint density at radius 3 is 2.79 bits per heavy atom. The number of nitrogens with one attached hydrogen (secondary N) is 1. The van der Waals surface area contributed by atoms with Gasteiger partial charge in [-0.25, -0.2) is 0 Å². The van der Waals surface area contributed by atoms with Crippen molar-refractivity contribution in [1.29, 1.82) is 0 Å². The Hall–Kier alpha value is -1.68. The van der Waals surface area contributed by atoms with Gasteiger partial charge < -0.3 is 9.73 Å². The van der Waals surface area contributed by atoms with E-state index in [1.807, 2.05) is 13.0 Å². The summed E-state index contributed by atoms with van der Waals surface area (Å²) in [5.41, 5.74) is 4.47. The molecule has 0 saturated carbocycles. The molecule has 0 fully saturated rings. The second-order valence-electron chi connectivity index (χ2n) is 4.69. The van der Waals surface area contributed by atoms with Crippen LogP contribution in [0.4, 0.5) is 0 Å². The van der Waals surface area contributed by atoms with Gasteiger partial charge in [0.15, 0.2) is 0 Å². The second kappa shape index (κ2) is 6.48. The molecule has 102 valence electrons. The molecule has 0 aliphatic rings. The van der Waals surface area contributed by atoms with Crippen molar-refractivity contribution >= 4 is 0 Å². The van der Waals surface area contributed by atoms with Crippen LogP contribution < -0.4 is 5.32 Å². The van der Waals surface area contributed by atoms with Crippen molar-refractivity contribution in [2.45, 2.75) is 39.7 Å². The lowest BCUT2D eigenvalue weighted by Gasteiger charge is -2.20. The molecular formula is C15H21N3O. The van der Waals surface area contributed by atoms with Crippen LogP contribution in [0.1, 0.15) is 42.4 Å². The molecule has 19 heavy (non-hydrogen) atoms. The normalized spacial score (nSPS) is 12.6. The minimum Gasteiger partial charge on any atom is -0.472 e. The van der Waals surface area contributed by atoms with Crippen LogP contribution in [0.3, 0.4) is 0 Å². The number of furan rings is 1. The third kappa shape index (κ3) is 3.41. The number of aryl methyl sites for hydroxylation is 2. The molecule has 0 bridgehead atoms. The van der Waals surface area contributed by atoms with Gasteiger partial charge in [-0.3, -0.25) is 0 Å². The molecule has 1 unspecified atom stereocenters. The van der Waals surface area contributed by atoms with Crippen LogP contribution in [0.15, 0.2) is 29.1 Å². The van der Waals surface area contributed by atoms with Gasteiger partial charge in [-0.05, 0) is 49.6 Å². The van der Waals surface area contributed by atoms with Crippen molar-refractivity contribution < 1.29 is 4.42 Å². The topological polar surface area (TPSA) is 51.0 Å². The minimum atomic E-state index is 0.256. The summed E-state index contributed by atoms with van der Waals surface area (Å²) in [7, 11) is 0. The lowest BCUT2D eigenvalue weighted by atomic mass is 9.98. The maximum absolute atomic E-state index is 5.15. The smallest absolute Gasteiger partial charge is 0.0935 e. The third-order valence-electron chi connectivity index (χ3n) is 3.21. The molecule has 4 nitrogen and oxygen atoms in total. The Morgan fingerprint density at radius 1 is 1.32 bits per heavy atom. The quantitative estimate of drug-likeness (QED) is 0.866. The van der Waals surface area contributed by atoms with Crippen molar-refractivity contribution in [3.63, 3.8) is 0 Å². The maximum Gasteiger partial charge on any atom is 0.0935 e. The summed E-state index contributed by atoms with van der Waals surface area (Å²) >= 11 is 0. The van der Waals surface area contributed by atoms with Gasteiger partial charge in [0, 0.05) is 6.04 Å². The fourth-order valence-electron chi connectivity index (χ4n) is 2.29. The van der Waals surface area contributed by atoms with E-state index in [0.29, 0.717) is 0 Å². The summed E-state index contributed by atoms with van der Waals surface area (Å²) in [5, 5.41) is 12.0. The van der Waals surface area contributed by atoms with E-state index >= 15 is 0 Å². The van der Waals surface area contributed by atoms with Gasteiger partial charge in [-0.1, -0.05) is 13.8 Å². The van der Waals surface area contributed by atoms with E-state index in [9.17, 15) is 0 Å². The highest BCUT2D eigenvalue weighted by molar-refractivity contribution is 5.27. The SMILES string of the molecule is CCNC(Cc1ccoc1)c1cc(C)nnc1CC. The lowest BCUT2D eigenvalue weighted by molar-refractivity contribution is 0.528. The molecule has 0 radical (unpaired) electrons. The first-order valence-corrected chi connectivity index (χ1v) is 6.82. The number of hydrogen-bond acceptors (Lipinski definition) is 4. The molecule has 0 saturated heterocycles. The van der Waals surface area contributed by atoms with Crippen molar-refractivity contribution in [2.24, 2.45) is 0 Å². The summed E-state index contributed by atoms with van der Waals surface area (Å²) < 4.78 is 5.15. The molecule has 4 heteroatoms. The monoisotopic (exact) mass is 259 g/mol. The van der Waals surface area contributed by atoms with E-state index in [4.69, 9.17) is 4.42 Å². The Bertz CT molecular complexity index is 508. The first kappa shape index (κ1) is 13.7. The molecule has 0 spiro atoms. The molecule has 1 atom stereocenters. The molecule has 2 rings (SSSR count). The van der Waals surface area contributed by atoms with E-state index in [1.54, 1.807) is 12.5 Å². The van der Waals surface area contributed by atoms with Crippen molar-refractivity contribution in [2.75, 3.05) is 6.54 Å². The van der Waals surface area contributed by atoms with E-state index in [0.717, 1.165) is 30.8 Å². The van der Waals surface area contributed by atoms with Gasteiger partial charge in [-0.15, -0.1) is 0 Å². The van der Waals surface area contributed by atoms with Crippen LogP contribution in [-0.2, 0) is 12.8 Å². The molecule has 2 aromatic rings. The minimum absolute atomic E-state index is 0.256. The number of hydrogen-bond donors (Lipinski definition) is 1. The van der Waals surface area contributed by atoms with Crippen LogP contribution in [0, 0.1) is 6.92 Å². The summed E-state index contributed by atoms with van der Waals surface area (Å²) in [6, 6.07) is 4.41. The molecular weight excluding hydrogens is 238 g/mol. The van der Waals surface area contributed by atoms with Crippen molar-refractivity contribution in [3.05, 3.63) is 47.2 Å². The number of aromatic nitrogens is 2. The Morgan fingerprint density at radius 2 is 2.16 bits per heavy atom. The van der Waals surface area contributed by atoms with Gasteiger partial charge in [0.05, 0.1) is 23.9 Å².